The molecule has 2 rings (SSSR count). The third-order valence-electron chi connectivity index (χ3n) is 3.56. The number of rotatable bonds is 3. The number of hydrogen-bond donors (Lipinski definition) is 1. The monoisotopic (exact) mass is 236 g/mol. The molecule has 1 unspecified atom stereocenters. The van der Waals surface area contributed by atoms with E-state index < -0.39 is 0 Å². The molecule has 1 aromatic rings. The Morgan fingerprint density at radius 3 is 2.94 bits per heavy atom. The van der Waals surface area contributed by atoms with Gasteiger partial charge in [0.25, 0.3) is 0 Å². The van der Waals surface area contributed by atoms with Crippen molar-refractivity contribution in [1.82, 2.24) is 10.2 Å². The lowest BCUT2D eigenvalue weighted by molar-refractivity contribution is -0.136. The molecule has 0 aliphatic carbocycles. The minimum atomic E-state index is -0.383. The number of carbonyl (C=O) groups is 1. The first kappa shape index (κ1) is 12.2. The van der Waals surface area contributed by atoms with Crippen LogP contribution in [0.25, 0.3) is 0 Å². The lowest BCUT2D eigenvalue weighted by Gasteiger charge is -2.29. The topological polar surface area (TPSA) is 45.5 Å². The van der Waals surface area contributed by atoms with Gasteiger partial charge in [-0.15, -0.1) is 0 Å². The molecule has 0 saturated carbocycles. The number of aryl methyl sites for hydroxylation is 1. The average Bonchev–Trinajstić information content (AvgIpc) is 2.89. The summed E-state index contributed by atoms with van der Waals surface area (Å²) in [5.74, 6) is 1.05. The molecule has 1 amide bonds. The predicted octanol–water partition coefficient (Wildman–Crippen LogP) is 1.69. The van der Waals surface area contributed by atoms with Crippen LogP contribution in [0.5, 0.6) is 0 Å². The van der Waals surface area contributed by atoms with Crippen molar-refractivity contribution in [2.24, 2.45) is 0 Å². The number of amides is 1. The number of likely N-dealkylation sites (N-methyl/N-ethyl adjacent to an activating group) is 1. The highest BCUT2D eigenvalue weighted by atomic mass is 16.3. The van der Waals surface area contributed by atoms with Crippen LogP contribution in [-0.4, -0.2) is 29.9 Å². The van der Waals surface area contributed by atoms with Crippen LogP contribution in [0.4, 0.5) is 0 Å². The molecule has 1 saturated heterocycles. The van der Waals surface area contributed by atoms with E-state index in [1.54, 1.807) is 11.2 Å². The van der Waals surface area contributed by atoms with E-state index in [2.05, 4.69) is 5.32 Å². The zero-order chi connectivity index (χ0) is 12.5. The molecule has 4 heteroatoms. The summed E-state index contributed by atoms with van der Waals surface area (Å²) in [6, 6.07) is 1.92. The summed E-state index contributed by atoms with van der Waals surface area (Å²) in [5.41, 5.74) is 0.689. The van der Waals surface area contributed by atoms with Crippen LogP contribution in [0.1, 0.15) is 31.1 Å². The van der Waals surface area contributed by atoms with Crippen molar-refractivity contribution >= 4 is 5.91 Å². The molecule has 0 radical (unpaired) electrons. The maximum absolute atomic E-state index is 12.3. The van der Waals surface area contributed by atoms with Gasteiger partial charge in [-0.05, 0) is 39.3 Å². The van der Waals surface area contributed by atoms with Gasteiger partial charge >= 0.3 is 0 Å². The van der Waals surface area contributed by atoms with Gasteiger partial charge in [0.2, 0.25) is 5.91 Å². The van der Waals surface area contributed by atoms with Crippen molar-refractivity contribution in [3.8, 4) is 0 Å². The molecule has 0 spiro atoms. The number of furan rings is 1. The molecule has 1 N–H and O–H groups in total. The molecule has 94 valence electrons. The van der Waals surface area contributed by atoms with E-state index in [4.69, 9.17) is 4.42 Å². The molecule has 1 aliphatic rings. The number of nitrogens with one attached hydrogen (secondary N) is 1. The SMILES string of the molecule is Cc1occc1CN(C)C(=O)C1(C)CCCN1. The van der Waals surface area contributed by atoms with E-state index in [0.717, 1.165) is 30.7 Å². The molecule has 4 nitrogen and oxygen atoms in total. The molecule has 0 bridgehead atoms. The number of hydrogen-bond acceptors (Lipinski definition) is 3. The second-order valence-corrected chi connectivity index (χ2v) is 5.03. The summed E-state index contributed by atoms with van der Waals surface area (Å²) >= 11 is 0. The summed E-state index contributed by atoms with van der Waals surface area (Å²) in [5, 5.41) is 3.29. The fourth-order valence-corrected chi connectivity index (χ4v) is 2.40. The van der Waals surface area contributed by atoms with Crippen molar-refractivity contribution in [2.45, 2.75) is 38.8 Å². The lowest BCUT2D eigenvalue weighted by Crippen LogP contribution is -2.51. The quantitative estimate of drug-likeness (QED) is 0.868. The van der Waals surface area contributed by atoms with Crippen LogP contribution >= 0.6 is 0 Å². The zero-order valence-electron chi connectivity index (χ0n) is 10.7. The van der Waals surface area contributed by atoms with Gasteiger partial charge in [0, 0.05) is 19.2 Å². The Kier molecular flexibility index (Phi) is 3.24. The van der Waals surface area contributed by atoms with Gasteiger partial charge in [-0.2, -0.15) is 0 Å². The van der Waals surface area contributed by atoms with E-state index in [0.29, 0.717) is 6.54 Å². The van der Waals surface area contributed by atoms with Crippen molar-refractivity contribution in [1.29, 1.82) is 0 Å². The second kappa shape index (κ2) is 4.53. The molecule has 17 heavy (non-hydrogen) atoms. The van der Waals surface area contributed by atoms with Gasteiger partial charge in [-0.1, -0.05) is 0 Å². The van der Waals surface area contributed by atoms with Crippen LogP contribution in [0.15, 0.2) is 16.7 Å². The molecule has 1 aliphatic heterocycles. The smallest absolute Gasteiger partial charge is 0.242 e. The Balaban J connectivity index is 2.03. The van der Waals surface area contributed by atoms with E-state index >= 15 is 0 Å². The molecule has 0 aromatic carbocycles. The highest BCUT2D eigenvalue weighted by molar-refractivity contribution is 5.86. The number of nitrogens with zero attached hydrogens (tertiary/aromatic N) is 1. The van der Waals surface area contributed by atoms with Crippen LogP contribution < -0.4 is 5.32 Å². The zero-order valence-corrected chi connectivity index (χ0v) is 10.7. The Bertz CT molecular complexity index is 405. The first-order chi connectivity index (χ1) is 8.03. The second-order valence-electron chi connectivity index (χ2n) is 5.03. The minimum Gasteiger partial charge on any atom is -0.469 e. The van der Waals surface area contributed by atoms with Crippen molar-refractivity contribution in [2.75, 3.05) is 13.6 Å². The van der Waals surface area contributed by atoms with Crippen molar-refractivity contribution in [3.63, 3.8) is 0 Å². The Hall–Kier alpha value is -1.29. The van der Waals surface area contributed by atoms with Gasteiger partial charge < -0.3 is 14.6 Å². The summed E-state index contributed by atoms with van der Waals surface area (Å²) in [4.78, 5) is 14.1. The van der Waals surface area contributed by atoms with Crippen LogP contribution in [0.3, 0.4) is 0 Å². The van der Waals surface area contributed by atoms with E-state index in [-0.39, 0.29) is 11.4 Å². The standard InChI is InChI=1S/C13H20N2O2/c1-10-11(5-8-17-10)9-15(3)12(16)13(2)6-4-7-14-13/h5,8,14H,4,6-7,9H2,1-3H3. The molecular weight excluding hydrogens is 216 g/mol. The maximum Gasteiger partial charge on any atom is 0.242 e. The van der Waals surface area contributed by atoms with Crippen molar-refractivity contribution in [3.05, 3.63) is 23.7 Å². The Labute approximate surface area is 102 Å². The summed E-state index contributed by atoms with van der Waals surface area (Å²) in [6.45, 7) is 5.45. The third-order valence-corrected chi connectivity index (χ3v) is 3.56. The minimum absolute atomic E-state index is 0.163. The highest BCUT2D eigenvalue weighted by Crippen LogP contribution is 2.22. The van der Waals surface area contributed by atoms with Gasteiger partial charge in [0.05, 0.1) is 11.8 Å². The largest absolute Gasteiger partial charge is 0.469 e. The summed E-state index contributed by atoms with van der Waals surface area (Å²) in [6.07, 6.45) is 3.65. The normalized spacial score (nSPS) is 23.9. The maximum atomic E-state index is 12.3. The van der Waals surface area contributed by atoms with E-state index in [9.17, 15) is 4.79 Å². The first-order valence-corrected chi connectivity index (χ1v) is 6.06. The molecule has 1 fully saturated rings. The number of carbonyl (C=O) groups excluding carboxylic acids is 1. The Morgan fingerprint density at radius 2 is 2.41 bits per heavy atom. The van der Waals surface area contributed by atoms with Gasteiger partial charge in [0.15, 0.2) is 0 Å². The van der Waals surface area contributed by atoms with E-state index in [1.807, 2.05) is 27.0 Å². The summed E-state index contributed by atoms with van der Waals surface area (Å²) < 4.78 is 5.24. The molecule has 1 aromatic heterocycles. The fraction of sp³-hybridized carbons (Fsp3) is 0.615. The predicted molar refractivity (Wildman–Crippen MR) is 65.6 cm³/mol. The first-order valence-electron chi connectivity index (χ1n) is 6.06. The molecule has 1 atom stereocenters. The molecule has 2 heterocycles. The highest BCUT2D eigenvalue weighted by Gasteiger charge is 2.37. The summed E-state index contributed by atoms with van der Waals surface area (Å²) in [7, 11) is 1.85. The van der Waals surface area contributed by atoms with E-state index in [1.165, 1.54) is 0 Å². The van der Waals surface area contributed by atoms with Crippen LogP contribution in [0, 0.1) is 6.92 Å². The third kappa shape index (κ3) is 2.36. The fourth-order valence-electron chi connectivity index (χ4n) is 2.40. The Morgan fingerprint density at radius 1 is 1.65 bits per heavy atom. The lowest BCUT2D eigenvalue weighted by atomic mass is 9.98. The van der Waals surface area contributed by atoms with Gasteiger partial charge in [-0.3, -0.25) is 4.79 Å². The molecular formula is C13H20N2O2. The average molecular weight is 236 g/mol. The van der Waals surface area contributed by atoms with Crippen LogP contribution in [-0.2, 0) is 11.3 Å². The van der Waals surface area contributed by atoms with Crippen molar-refractivity contribution < 1.29 is 9.21 Å². The van der Waals surface area contributed by atoms with Crippen LogP contribution in [0.2, 0.25) is 0 Å². The van der Waals surface area contributed by atoms with Gasteiger partial charge in [-0.25, -0.2) is 0 Å². The van der Waals surface area contributed by atoms with Gasteiger partial charge in [0.1, 0.15) is 5.76 Å².